The molecule has 0 aromatic rings. The van der Waals surface area contributed by atoms with E-state index in [4.69, 9.17) is 5.73 Å². The maximum absolute atomic E-state index is 11.1. The van der Waals surface area contributed by atoms with Crippen molar-refractivity contribution in [2.45, 2.75) is 58.0 Å². The number of hydrogen-bond acceptors (Lipinski definition) is 2. The molecule has 0 radical (unpaired) electrons. The summed E-state index contributed by atoms with van der Waals surface area (Å²) in [5.74, 6) is 4.53. The van der Waals surface area contributed by atoms with E-state index in [2.05, 4.69) is 13.8 Å². The molecule has 4 saturated carbocycles. The monoisotopic (exact) mass is 251 g/mol. The van der Waals surface area contributed by atoms with E-state index in [1.807, 2.05) is 0 Å². The highest BCUT2D eigenvalue weighted by Crippen LogP contribution is 2.59. The second-order valence-corrected chi connectivity index (χ2v) is 7.86. The minimum atomic E-state index is -0.587. The molecule has 4 aliphatic carbocycles. The lowest BCUT2D eigenvalue weighted by molar-refractivity contribution is -0.145. The van der Waals surface area contributed by atoms with Crippen LogP contribution < -0.4 is 5.73 Å². The van der Waals surface area contributed by atoms with Crippen molar-refractivity contribution >= 4 is 0 Å². The number of aliphatic hydroxyl groups is 1. The normalized spacial score (nSPS) is 45.5. The Hall–Kier alpha value is -0.0800. The van der Waals surface area contributed by atoms with E-state index < -0.39 is 5.60 Å². The van der Waals surface area contributed by atoms with Gasteiger partial charge in [-0.3, -0.25) is 0 Å². The van der Waals surface area contributed by atoms with Gasteiger partial charge in [-0.1, -0.05) is 13.8 Å². The first-order valence-corrected chi connectivity index (χ1v) is 7.94. The maximum atomic E-state index is 11.1. The van der Waals surface area contributed by atoms with Crippen molar-refractivity contribution in [1.82, 2.24) is 0 Å². The van der Waals surface area contributed by atoms with Gasteiger partial charge in [-0.15, -0.1) is 0 Å². The van der Waals surface area contributed by atoms with Crippen LogP contribution in [0.3, 0.4) is 0 Å². The summed E-state index contributed by atoms with van der Waals surface area (Å²) in [4.78, 5) is 0. The Balaban J connectivity index is 1.82. The van der Waals surface area contributed by atoms with Crippen LogP contribution >= 0.6 is 0 Å². The molecular weight excluding hydrogens is 222 g/mol. The van der Waals surface area contributed by atoms with Gasteiger partial charge in [-0.2, -0.15) is 0 Å². The van der Waals surface area contributed by atoms with Gasteiger partial charge in [0.2, 0.25) is 0 Å². The zero-order valence-electron chi connectivity index (χ0n) is 11.9. The molecule has 1 atom stereocenters. The molecule has 0 spiro atoms. The van der Waals surface area contributed by atoms with Crippen LogP contribution in [0.2, 0.25) is 0 Å². The van der Waals surface area contributed by atoms with E-state index in [1.54, 1.807) is 0 Å². The molecule has 4 aliphatic rings. The van der Waals surface area contributed by atoms with Crippen LogP contribution in [-0.2, 0) is 0 Å². The average molecular weight is 251 g/mol. The van der Waals surface area contributed by atoms with E-state index in [9.17, 15) is 5.11 Å². The average Bonchev–Trinajstić information content (AvgIpc) is 2.26. The fourth-order valence-electron chi connectivity index (χ4n) is 5.87. The predicted octanol–water partition coefficient (Wildman–Crippen LogP) is 2.79. The highest BCUT2D eigenvalue weighted by atomic mass is 16.3. The Bertz CT molecular complexity index is 286. The summed E-state index contributed by atoms with van der Waals surface area (Å²) >= 11 is 0. The fraction of sp³-hybridized carbons (Fsp3) is 1.00. The molecule has 0 aliphatic heterocycles. The summed E-state index contributed by atoms with van der Waals surface area (Å²) in [6.07, 6.45) is 7.85. The Morgan fingerprint density at radius 2 is 1.56 bits per heavy atom. The number of rotatable bonds is 4. The van der Waals surface area contributed by atoms with Crippen molar-refractivity contribution in [3.63, 3.8) is 0 Å². The molecule has 104 valence electrons. The van der Waals surface area contributed by atoms with Crippen molar-refractivity contribution in [3.8, 4) is 0 Å². The molecular formula is C16H29NO. The molecule has 0 saturated heterocycles. The Labute approximate surface area is 111 Å². The predicted molar refractivity (Wildman–Crippen MR) is 74.0 cm³/mol. The third-order valence-corrected chi connectivity index (χ3v) is 5.96. The summed E-state index contributed by atoms with van der Waals surface area (Å²) < 4.78 is 0. The van der Waals surface area contributed by atoms with Gasteiger partial charge >= 0.3 is 0 Å². The molecule has 0 aromatic heterocycles. The lowest BCUT2D eigenvalue weighted by atomic mass is 9.48. The summed E-state index contributed by atoms with van der Waals surface area (Å²) in [6, 6.07) is 0. The van der Waals surface area contributed by atoms with Crippen LogP contribution in [0.4, 0.5) is 0 Å². The summed E-state index contributed by atoms with van der Waals surface area (Å²) in [7, 11) is 0. The molecule has 0 aromatic carbocycles. The van der Waals surface area contributed by atoms with E-state index in [0.717, 1.165) is 30.1 Å². The number of hydrogen-bond donors (Lipinski definition) is 2. The molecule has 0 amide bonds. The summed E-state index contributed by atoms with van der Waals surface area (Å²) in [5, 5.41) is 11.1. The highest BCUT2D eigenvalue weighted by Gasteiger charge is 2.54. The first-order chi connectivity index (χ1) is 8.51. The van der Waals surface area contributed by atoms with Crippen molar-refractivity contribution in [3.05, 3.63) is 0 Å². The van der Waals surface area contributed by atoms with Crippen LogP contribution in [0.15, 0.2) is 0 Å². The zero-order chi connectivity index (χ0) is 12.9. The van der Waals surface area contributed by atoms with Gasteiger partial charge in [0.05, 0.1) is 5.60 Å². The van der Waals surface area contributed by atoms with Crippen LogP contribution in [0.5, 0.6) is 0 Å². The minimum absolute atomic E-state index is 0.457. The van der Waals surface area contributed by atoms with Gasteiger partial charge in [-0.05, 0) is 74.0 Å². The minimum Gasteiger partial charge on any atom is -0.388 e. The Morgan fingerprint density at radius 1 is 1.06 bits per heavy atom. The van der Waals surface area contributed by atoms with Gasteiger partial charge in [0.25, 0.3) is 0 Å². The fourth-order valence-corrected chi connectivity index (χ4v) is 5.87. The Kier molecular flexibility index (Phi) is 3.22. The molecule has 18 heavy (non-hydrogen) atoms. The van der Waals surface area contributed by atoms with Crippen LogP contribution in [0.1, 0.15) is 52.4 Å². The molecule has 4 bridgehead atoms. The van der Waals surface area contributed by atoms with Gasteiger partial charge in [0.15, 0.2) is 0 Å². The van der Waals surface area contributed by atoms with E-state index in [0.29, 0.717) is 18.4 Å². The first kappa shape index (κ1) is 12.9. The standard InChI is InChI=1S/C16H29NO/c1-10(2)8-16(18,9-17)15-13-4-11-3-12(6-13)7-14(15)5-11/h10-15,18H,3-9,17H2,1-2H3. The van der Waals surface area contributed by atoms with E-state index in [1.165, 1.54) is 32.1 Å². The summed E-state index contributed by atoms with van der Waals surface area (Å²) in [6.45, 7) is 4.87. The van der Waals surface area contributed by atoms with E-state index in [-0.39, 0.29) is 0 Å². The van der Waals surface area contributed by atoms with Crippen molar-refractivity contribution in [2.24, 2.45) is 41.2 Å². The van der Waals surface area contributed by atoms with Gasteiger partial charge in [0, 0.05) is 6.54 Å². The lowest BCUT2D eigenvalue weighted by Gasteiger charge is -2.58. The second kappa shape index (κ2) is 4.49. The second-order valence-electron chi connectivity index (χ2n) is 7.86. The molecule has 3 N–H and O–H groups in total. The molecule has 2 heteroatoms. The van der Waals surface area contributed by atoms with Crippen molar-refractivity contribution in [1.29, 1.82) is 0 Å². The maximum Gasteiger partial charge on any atom is 0.0805 e. The SMILES string of the molecule is CC(C)CC(O)(CN)C1C2CC3CC(C2)CC1C3. The Morgan fingerprint density at radius 3 is 1.94 bits per heavy atom. The summed E-state index contributed by atoms with van der Waals surface area (Å²) in [5.41, 5.74) is 5.40. The first-order valence-electron chi connectivity index (χ1n) is 7.94. The molecule has 4 rings (SSSR count). The van der Waals surface area contributed by atoms with Crippen LogP contribution in [0.25, 0.3) is 0 Å². The van der Waals surface area contributed by atoms with Gasteiger partial charge in [0.1, 0.15) is 0 Å². The largest absolute Gasteiger partial charge is 0.388 e. The third-order valence-electron chi connectivity index (χ3n) is 5.96. The quantitative estimate of drug-likeness (QED) is 0.807. The molecule has 2 nitrogen and oxygen atoms in total. The smallest absolute Gasteiger partial charge is 0.0805 e. The lowest BCUT2D eigenvalue weighted by Crippen LogP contribution is -2.58. The van der Waals surface area contributed by atoms with Gasteiger partial charge in [-0.25, -0.2) is 0 Å². The molecule has 4 fully saturated rings. The van der Waals surface area contributed by atoms with Gasteiger partial charge < -0.3 is 10.8 Å². The van der Waals surface area contributed by atoms with Crippen LogP contribution in [0, 0.1) is 35.5 Å². The van der Waals surface area contributed by atoms with Crippen molar-refractivity contribution in [2.75, 3.05) is 6.54 Å². The third kappa shape index (κ3) is 2.02. The zero-order valence-corrected chi connectivity index (χ0v) is 11.9. The molecule has 1 unspecified atom stereocenters. The number of nitrogens with two attached hydrogens (primary N) is 1. The highest BCUT2D eigenvalue weighted by molar-refractivity contribution is 5.05. The molecule has 0 heterocycles. The topological polar surface area (TPSA) is 46.2 Å². The van der Waals surface area contributed by atoms with E-state index >= 15 is 0 Å². The van der Waals surface area contributed by atoms with Crippen LogP contribution in [-0.4, -0.2) is 17.3 Å². The van der Waals surface area contributed by atoms with Crippen molar-refractivity contribution < 1.29 is 5.11 Å².